The Morgan fingerprint density at radius 3 is 2.89 bits per heavy atom. The van der Waals surface area contributed by atoms with Gasteiger partial charge in [0.05, 0.1) is 18.1 Å². The van der Waals surface area contributed by atoms with E-state index in [0.29, 0.717) is 13.0 Å². The Kier molecular flexibility index (Phi) is 5.78. The first-order chi connectivity index (χ1) is 8.52. The van der Waals surface area contributed by atoms with Crippen LogP contribution in [0.4, 0.5) is 0 Å². The number of carbonyl (C=O) groups excluding carboxylic acids is 1. The normalized spacial score (nSPS) is 16.0. The number of aliphatic hydroxyl groups excluding tert-OH is 1. The molecular formula is C13H21NO3S. The van der Waals surface area contributed by atoms with Crippen LogP contribution in [0.25, 0.3) is 0 Å². The zero-order chi connectivity index (χ0) is 13.6. The van der Waals surface area contributed by atoms with Gasteiger partial charge in [-0.25, -0.2) is 0 Å². The SMILES string of the molecule is COCC(C)(CCO)NC(=O)C(C)c1cccs1. The van der Waals surface area contributed by atoms with Crippen molar-refractivity contribution >= 4 is 17.2 Å². The summed E-state index contributed by atoms with van der Waals surface area (Å²) in [6.45, 7) is 4.17. The molecule has 4 nitrogen and oxygen atoms in total. The second-order valence-electron chi connectivity index (χ2n) is 4.69. The van der Waals surface area contributed by atoms with Crippen LogP contribution in [0.1, 0.15) is 31.1 Å². The van der Waals surface area contributed by atoms with Crippen LogP contribution in [0.3, 0.4) is 0 Å². The molecule has 102 valence electrons. The van der Waals surface area contributed by atoms with Gasteiger partial charge in [0.1, 0.15) is 0 Å². The Balaban J connectivity index is 2.66. The predicted octanol–water partition coefficient (Wildman–Crippen LogP) is 1.76. The summed E-state index contributed by atoms with van der Waals surface area (Å²) < 4.78 is 5.11. The number of hydrogen-bond donors (Lipinski definition) is 2. The van der Waals surface area contributed by atoms with Gasteiger partial charge in [-0.05, 0) is 31.7 Å². The van der Waals surface area contributed by atoms with Crippen LogP contribution in [0.5, 0.6) is 0 Å². The van der Waals surface area contributed by atoms with Crippen molar-refractivity contribution in [2.24, 2.45) is 0 Å². The van der Waals surface area contributed by atoms with Gasteiger partial charge in [0.2, 0.25) is 5.91 Å². The predicted molar refractivity (Wildman–Crippen MR) is 72.9 cm³/mol. The van der Waals surface area contributed by atoms with Crippen LogP contribution in [0.15, 0.2) is 17.5 Å². The number of aliphatic hydroxyl groups is 1. The van der Waals surface area contributed by atoms with Crippen molar-refractivity contribution in [1.29, 1.82) is 0 Å². The fourth-order valence-corrected chi connectivity index (χ4v) is 2.59. The second-order valence-corrected chi connectivity index (χ2v) is 5.67. The maximum absolute atomic E-state index is 12.2. The van der Waals surface area contributed by atoms with Crippen molar-refractivity contribution in [3.63, 3.8) is 0 Å². The molecule has 0 spiro atoms. The zero-order valence-corrected chi connectivity index (χ0v) is 11.9. The molecule has 1 heterocycles. The van der Waals surface area contributed by atoms with E-state index in [0.717, 1.165) is 4.88 Å². The van der Waals surface area contributed by atoms with E-state index in [9.17, 15) is 4.79 Å². The molecule has 2 N–H and O–H groups in total. The van der Waals surface area contributed by atoms with Crippen LogP contribution in [0.2, 0.25) is 0 Å². The Hall–Kier alpha value is -0.910. The van der Waals surface area contributed by atoms with Crippen molar-refractivity contribution in [3.8, 4) is 0 Å². The molecule has 0 saturated heterocycles. The van der Waals surface area contributed by atoms with Crippen LogP contribution >= 0.6 is 11.3 Å². The van der Waals surface area contributed by atoms with Crippen LogP contribution in [0, 0.1) is 0 Å². The molecule has 5 heteroatoms. The highest BCUT2D eigenvalue weighted by atomic mass is 32.1. The van der Waals surface area contributed by atoms with Crippen molar-refractivity contribution in [2.45, 2.75) is 31.7 Å². The molecule has 1 amide bonds. The third-order valence-electron chi connectivity index (χ3n) is 2.91. The molecule has 0 bridgehead atoms. The standard InChI is InChI=1S/C13H21NO3S/c1-10(11-5-4-8-18-11)12(16)14-13(2,6-7-15)9-17-3/h4-5,8,10,15H,6-7,9H2,1-3H3,(H,14,16). The minimum Gasteiger partial charge on any atom is -0.396 e. The smallest absolute Gasteiger partial charge is 0.228 e. The molecule has 1 rings (SSSR count). The lowest BCUT2D eigenvalue weighted by Gasteiger charge is -2.30. The first kappa shape index (κ1) is 15.1. The maximum Gasteiger partial charge on any atom is 0.228 e. The maximum atomic E-state index is 12.2. The van der Waals surface area contributed by atoms with Gasteiger partial charge in [-0.3, -0.25) is 4.79 Å². The second kappa shape index (κ2) is 6.87. The molecule has 1 aromatic rings. The average Bonchev–Trinajstić information content (AvgIpc) is 2.81. The third kappa shape index (κ3) is 4.08. The van der Waals surface area contributed by atoms with Gasteiger partial charge in [-0.1, -0.05) is 6.07 Å². The quantitative estimate of drug-likeness (QED) is 0.794. The lowest BCUT2D eigenvalue weighted by atomic mass is 9.97. The van der Waals surface area contributed by atoms with Gasteiger partial charge in [0, 0.05) is 18.6 Å². The fraction of sp³-hybridized carbons (Fsp3) is 0.615. The van der Waals surface area contributed by atoms with E-state index in [2.05, 4.69) is 5.32 Å². The van der Waals surface area contributed by atoms with Crippen LogP contribution in [-0.4, -0.2) is 36.9 Å². The molecule has 18 heavy (non-hydrogen) atoms. The number of carbonyl (C=O) groups is 1. The molecule has 0 fully saturated rings. The minimum absolute atomic E-state index is 0.0214. The Bertz CT molecular complexity index is 358. The lowest BCUT2D eigenvalue weighted by Crippen LogP contribution is -2.51. The third-order valence-corrected chi connectivity index (χ3v) is 3.97. The summed E-state index contributed by atoms with van der Waals surface area (Å²) in [6.07, 6.45) is 0.476. The van der Waals surface area contributed by atoms with E-state index in [1.807, 2.05) is 31.4 Å². The summed E-state index contributed by atoms with van der Waals surface area (Å²) >= 11 is 1.57. The summed E-state index contributed by atoms with van der Waals surface area (Å²) in [5.74, 6) is -0.217. The van der Waals surface area contributed by atoms with Crippen LogP contribution < -0.4 is 5.32 Å². The Morgan fingerprint density at radius 2 is 2.39 bits per heavy atom. The average molecular weight is 271 g/mol. The largest absolute Gasteiger partial charge is 0.396 e. The monoisotopic (exact) mass is 271 g/mol. The van der Waals surface area contributed by atoms with Crippen molar-refractivity contribution < 1.29 is 14.6 Å². The summed E-state index contributed by atoms with van der Waals surface area (Å²) in [4.78, 5) is 13.2. The van der Waals surface area contributed by atoms with E-state index >= 15 is 0 Å². The first-order valence-corrected chi connectivity index (χ1v) is 6.85. The Morgan fingerprint density at radius 1 is 1.67 bits per heavy atom. The van der Waals surface area contributed by atoms with Gasteiger partial charge in [-0.2, -0.15) is 0 Å². The van der Waals surface area contributed by atoms with E-state index in [1.54, 1.807) is 18.4 Å². The van der Waals surface area contributed by atoms with E-state index in [1.165, 1.54) is 0 Å². The number of methoxy groups -OCH3 is 1. The Labute approximate surface area is 112 Å². The summed E-state index contributed by atoms with van der Waals surface area (Å²) in [6, 6.07) is 3.89. The van der Waals surface area contributed by atoms with Gasteiger partial charge in [-0.15, -0.1) is 11.3 Å². The van der Waals surface area contributed by atoms with Crippen molar-refractivity contribution in [1.82, 2.24) is 5.32 Å². The number of nitrogens with one attached hydrogen (secondary N) is 1. The van der Waals surface area contributed by atoms with Gasteiger partial charge < -0.3 is 15.2 Å². The highest BCUT2D eigenvalue weighted by Gasteiger charge is 2.28. The number of thiophene rings is 1. The number of ether oxygens (including phenoxy) is 1. The van der Waals surface area contributed by atoms with E-state index < -0.39 is 5.54 Å². The zero-order valence-electron chi connectivity index (χ0n) is 11.1. The molecule has 0 aliphatic carbocycles. The molecule has 1 aromatic heterocycles. The van der Waals surface area contributed by atoms with E-state index in [4.69, 9.17) is 9.84 Å². The summed E-state index contributed by atoms with van der Waals surface area (Å²) in [5.41, 5.74) is -0.522. The molecule has 0 saturated carbocycles. The van der Waals surface area contributed by atoms with Gasteiger partial charge in [0.15, 0.2) is 0 Å². The molecule has 0 aromatic carbocycles. The number of amides is 1. The first-order valence-electron chi connectivity index (χ1n) is 5.97. The highest BCUT2D eigenvalue weighted by molar-refractivity contribution is 7.10. The van der Waals surface area contributed by atoms with Crippen molar-refractivity contribution in [2.75, 3.05) is 20.3 Å². The minimum atomic E-state index is -0.522. The molecular weight excluding hydrogens is 250 g/mol. The highest BCUT2D eigenvalue weighted by Crippen LogP contribution is 2.22. The molecule has 0 radical (unpaired) electrons. The molecule has 0 aliphatic heterocycles. The molecule has 0 aliphatic rings. The molecule has 2 atom stereocenters. The van der Waals surface area contributed by atoms with Gasteiger partial charge in [0.25, 0.3) is 0 Å². The topological polar surface area (TPSA) is 58.6 Å². The fourth-order valence-electron chi connectivity index (χ4n) is 1.81. The number of hydrogen-bond acceptors (Lipinski definition) is 4. The summed E-state index contributed by atoms with van der Waals surface area (Å²) in [7, 11) is 1.59. The van der Waals surface area contributed by atoms with E-state index in [-0.39, 0.29) is 18.4 Å². The number of rotatable bonds is 7. The summed E-state index contributed by atoms with van der Waals surface area (Å²) in [5, 5.41) is 14.0. The van der Waals surface area contributed by atoms with Crippen LogP contribution in [-0.2, 0) is 9.53 Å². The molecule has 2 unspecified atom stereocenters. The van der Waals surface area contributed by atoms with Gasteiger partial charge >= 0.3 is 0 Å². The van der Waals surface area contributed by atoms with Crippen molar-refractivity contribution in [3.05, 3.63) is 22.4 Å². The lowest BCUT2D eigenvalue weighted by molar-refractivity contribution is -0.124.